The molecule has 10 heteroatoms. The van der Waals surface area contributed by atoms with Gasteiger partial charge in [0.2, 0.25) is 15.9 Å². The van der Waals surface area contributed by atoms with Gasteiger partial charge in [-0.3, -0.25) is 4.79 Å². The Hall–Kier alpha value is -2.49. The van der Waals surface area contributed by atoms with E-state index >= 15 is 0 Å². The van der Waals surface area contributed by atoms with Crippen LogP contribution in [-0.2, 0) is 14.8 Å². The summed E-state index contributed by atoms with van der Waals surface area (Å²) in [7, 11) is -2.32. The third-order valence-electron chi connectivity index (χ3n) is 4.22. The van der Waals surface area contributed by atoms with Crippen molar-refractivity contribution >= 4 is 33.2 Å². The van der Waals surface area contributed by atoms with Gasteiger partial charge in [-0.25, -0.2) is 13.1 Å². The quantitative estimate of drug-likeness (QED) is 0.686. The highest BCUT2D eigenvalue weighted by Crippen LogP contribution is 2.32. The van der Waals surface area contributed by atoms with Crippen molar-refractivity contribution < 1.29 is 27.4 Å². The van der Waals surface area contributed by atoms with E-state index in [2.05, 4.69) is 10.0 Å². The van der Waals surface area contributed by atoms with Crippen molar-refractivity contribution in [2.45, 2.75) is 18.2 Å². The van der Waals surface area contributed by atoms with Crippen molar-refractivity contribution in [2.24, 2.45) is 0 Å². The number of methoxy groups -OCH3 is 1. The molecule has 1 heterocycles. The van der Waals surface area contributed by atoms with Gasteiger partial charge in [0.15, 0.2) is 11.5 Å². The summed E-state index contributed by atoms with van der Waals surface area (Å²) in [6.45, 7) is 2.51. The zero-order valence-electron chi connectivity index (χ0n) is 16.0. The Morgan fingerprint density at radius 1 is 1.17 bits per heavy atom. The molecule has 0 aromatic heterocycles. The van der Waals surface area contributed by atoms with Crippen LogP contribution >= 0.6 is 11.6 Å². The first-order chi connectivity index (χ1) is 13.8. The third kappa shape index (κ3) is 5.11. The molecular weight excluding hydrogens is 420 g/mol. The number of benzene rings is 2. The molecule has 1 aliphatic heterocycles. The number of fused-ring (bicyclic) bond motifs is 1. The molecule has 2 N–H and O–H groups in total. The second kappa shape index (κ2) is 8.89. The van der Waals surface area contributed by atoms with Gasteiger partial charge in [0.1, 0.15) is 19.0 Å². The molecule has 0 spiro atoms. The van der Waals surface area contributed by atoms with Gasteiger partial charge >= 0.3 is 0 Å². The van der Waals surface area contributed by atoms with Crippen LogP contribution in [0.2, 0.25) is 5.02 Å². The third-order valence-corrected chi connectivity index (χ3v) is 6.09. The summed E-state index contributed by atoms with van der Waals surface area (Å²) < 4.78 is 43.3. The maximum absolute atomic E-state index is 12.5. The standard InChI is InChI=1S/C19H21ClN2O6S/c1-12-9-15(17(26-2)11-14(12)20)22-19(23)5-6-21-29(24,25)13-3-4-16-18(10-13)28-8-7-27-16/h3-4,9-11,21H,5-8H2,1-2H3,(H,22,23). The Bertz CT molecular complexity index is 1030. The smallest absolute Gasteiger partial charge is 0.240 e. The summed E-state index contributed by atoms with van der Waals surface area (Å²) >= 11 is 6.05. The zero-order chi connectivity index (χ0) is 21.0. The maximum Gasteiger partial charge on any atom is 0.240 e. The summed E-state index contributed by atoms with van der Waals surface area (Å²) in [5.41, 5.74) is 1.25. The molecule has 0 saturated heterocycles. The normalized spacial score (nSPS) is 13.1. The predicted molar refractivity (Wildman–Crippen MR) is 109 cm³/mol. The van der Waals surface area contributed by atoms with Gasteiger partial charge in [0, 0.05) is 30.1 Å². The molecule has 3 rings (SSSR count). The SMILES string of the molecule is COc1cc(Cl)c(C)cc1NC(=O)CCNS(=O)(=O)c1ccc2c(c1)OCCO2. The summed E-state index contributed by atoms with van der Waals surface area (Å²) in [6, 6.07) is 7.68. The van der Waals surface area contributed by atoms with Crippen LogP contribution in [0.1, 0.15) is 12.0 Å². The maximum atomic E-state index is 12.5. The van der Waals surface area contributed by atoms with Crippen molar-refractivity contribution in [3.05, 3.63) is 40.9 Å². The molecule has 0 atom stereocenters. The lowest BCUT2D eigenvalue weighted by Gasteiger charge is -2.19. The molecule has 29 heavy (non-hydrogen) atoms. The van der Waals surface area contributed by atoms with Crippen molar-refractivity contribution in [1.82, 2.24) is 4.72 Å². The number of anilines is 1. The Morgan fingerprint density at radius 3 is 2.62 bits per heavy atom. The first-order valence-electron chi connectivity index (χ1n) is 8.83. The minimum atomic E-state index is -3.80. The fourth-order valence-corrected chi connectivity index (χ4v) is 3.92. The monoisotopic (exact) mass is 440 g/mol. The first kappa shape index (κ1) is 21.2. The van der Waals surface area contributed by atoms with Gasteiger partial charge in [-0.05, 0) is 30.7 Å². The summed E-state index contributed by atoms with van der Waals surface area (Å²) in [5, 5.41) is 3.22. The number of sulfonamides is 1. The van der Waals surface area contributed by atoms with Gasteiger partial charge in [-0.2, -0.15) is 0 Å². The molecule has 0 aliphatic carbocycles. The summed E-state index contributed by atoms with van der Waals surface area (Å²) in [6.07, 6.45) is -0.0609. The number of aryl methyl sites for hydroxylation is 1. The van der Waals surface area contributed by atoms with E-state index in [1.165, 1.54) is 19.2 Å². The van der Waals surface area contributed by atoms with Crippen molar-refractivity contribution in [1.29, 1.82) is 0 Å². The van der Waals surface area contributed by atoms with Gasteiger partial charge in [-0.1, -0.05) is 11.6 Å². The number of ether oxygens (including phenoxy) is 3. The summed E-state index contributed by atoms with van der Waals surface area (Å²) in [4.78, 5) is 12.3. The number of carbonyl (C=O) groups is 1. The highest BCUT2D eigenvalue weighted by atomic mass is 35.5. The predicted octanol–water partition coefficient (Wildman–Crippen LogP) is 2.74. The number of amides is 1. The lowest BCUT2D eigenvalue weighted by Crippen LogP contribution is -2.28. The van der Waals surface area contributed by atoms with Crippen LogP contribution in [0.25, 0.3) is 0 Å². The van der Waals surface area contributed by atoms with Gasteiger partial charge in [-0.15, -0.1) is 0 Å². The lowest BCUT2D eigenvalue weighted by molar-refractivity contribution is -0.116. The average molecular weight is 441 g/mol. The Labute approximate surface area is 174 Å². The molecule has 0 bridgehead atoms. The van der Waals surface area contributed by atoms with Crippen molar-refractivity contribution in [3.8, 4) is 17.2 Å². The molecule has 0 saturated carbocycles. The number of rotatable bonds is 7. The highest BCUT2D eigenvalue weighted by Gasteiger charge is 2.19. The minimum absolute atomic E-state index is 0.0390. The van der Waals surface area contributed by atoms with E-state index in [0.29, 0.717) is 41.2 Å². The summed E-state index contributed by atoms with van der Waals surface area (Å²) in [5.74, 6) is 0.935. The Kier molecular flexibility index (Phi) is 6.51. The van der Waals surface area contributed by atoms with E-state index in [0.717, 1.165) is 5.56 Å². The Balaban J connectivity index is 1.59. The van der Waals surface area contributed by atoms with E-state index in [-0.39, 0.29) is 23.8 Å². The molecular formula is C19H21ClN2O6S. The number of hydrogen-bond acceptors (Lipinski definition) is 6. The fraction of sp³-hybridized carbons (Fsp3) is 0.316. The van der Waals surface area contributed by atoms with Crippen molar-refractivity contribution in [2.75, 3.05) is 32.2 Å². The van der Waals surface area contributed by atoms with Gasteiger partial charge in [0.25, 0.3) is 0 Å². The topological polar surface area (TPSA) is 103 Å². The average Bonchev–Trinajstić information content (AvgIpc) is 2.70. The van der Waals surface area contributed by atoms with Crippen LogP contribution in [0.15, 0.2) is 35.2 Å². The van der Waals surface area contributed by atoms with Crippen LogP contribution in [0.3, 0.4) is 0 Å². The van der Waals surface area contributed by atoms with Crippen LogP contribution < -0.4 is 24.2 Å². The van der Waals surface area contributed by atoms with E-state index in [9.17, 15) is 13.2 Å². The Morgan fingerprint density at radius 2 is 1.90 bits per heavy atom. The number of nitrogens with one attached hydrogen (secondary N) is 2. The molecule has 1 amide bonds. The molecule has 156 valence electrons. The largest absolute Gasteiger partial charge is 0.495 e. The van der Waals surface area contributed by atoms with Crippen molar-refractivity contribution in [3.63, 3.8) is 0 Å². The van der Waals surface area contributed by atoms with E-state index in [1.54, 1.807) is 25.1 Å². The first-order valence-corrected chi connectivity index (χ1v) is 10.7. The zero-order valence-corrected chi connectivity index (χ0v) is 17.5. The van der Waals surface area contributed by atoms with Gasteiger partial charge in [0.05, 0.1) is 17.7 Å². The molecule has 0 radical (unpaired) electrons. The number of hydrogen-bond donors (Lipinski definition) is 2. The van der Waals surface area contributed by atoms with Crippen LogP contribution in [0.5, 0.6) is 17.2 Å². The van der Waals surface area contributed by atoms with Crippen LogP contribution in [-0.4, -0.2) is 41.2 Å². The lowest BCUT2D eigenvalue weighted by atomic mass is 10.2. The number of carbonyl (C=O) groups excluding carboxylic acids is 1. The van der Waals surface area contributed by atoms with Crippen LogP contribution in [0, 0.1) is 6.92 Å². The molecule has 2 aromatic carbocycles. The second-order valence-corrected chi connectivity index (χ2v) is 8.48. The molecule has 1 aliphatic rings. The van der Waals surface area contributed by atoms with E-state index in [4.69, 9.17) is 25.8 Å². The fourth-order valence-electron chi connectivity index (χ4n) is 2.72. The molecule has 8 nitrogen and oxygen atoms in total. The molecule has 2 aromatic rings. The molecule has 0 unspecified atom stereocenters. The van der Waals surface area contributed by atoms with E-state index in [1.807, 2.05) is 0 Å². The van der Waals surface area contributed by atoms with Gasteiger partial charge < -0.3 is 19.5 Å². The second-order valence-electron chi connectivity index (χ2n) is 6.30. The van der Waals surface area contributed by atoms with Crippen LogP contribution in [0.4, 0.5) is 5.69 Å². The number of halogens is 1. The molecule has 0 fully saturated rings. The minimum Gasteiger partial charge on any atom is -0.495 e. The highest BCUT2D eigenvalue weighted by molar-refractivity contribution is 7.89. The van der Waals surface area contributed by atoms with E-state index < -0.39 is 10.0 Å².